The van der Waals surface area contributed by atoms with E-state index < -0.39 is 0 Å². The summed E-state index contributed by atoms with van der Waals surface area (Å²) in [5.41, 5.74) is 1.72. The highest BCUT2D eigenvalue weighted by Crippen LogP contribution is 2.45. The second-order valence-corrected chi connectivity index (χ2v) is 3.38. The highest BCUT2D eigenvalue weighted by Gasteiger charge is 2.33. The van der Waals surface area contributed by atoms with Gasteiger partial charge < -0.3 is 0 Å². The van der Waals surface area contributed by atoms with Crippen LogP contribution < -0.4 is 0 Å². The predicted molar refractivity (Wildman–Crippen MR) is 39.2 cm³/mol. The van der Waals surface area contributed by atoms with Crippen molar-refractivity contribution in [1.29, 1.82) is 0 Å². The van der Waals surface area contributed by atoms with Gasteiger partial charge in [-0.25, -0.2) is 0 Å². The van der Waals surface area contributed by atoms with Gasteiger partial charge in [-0.15, -0.1) is 0 Å². The Morgan fingerprint density at radius 2 is 2.44 bits per heavy atom. The molecule has 0 bridgehead atoms. The van der Waals surface area contributed by atoms with E-state index in [1.807, 2.05) is 0 Å². The van der Waals surface area contributed by atoms with E-state index in [1.165, 1.54) is 25.7 Å². The second kappa shape index (κ2) is 1.86. The first-order valence-electron chi connectivity index (χ1n) is 4.09. The van der Waals surface area contributed by atoms with Gasteiger partial charge in [0.05, 0.1) is 0 Å². The van der Waals surface area contributed by atoms with Crippen LogP contribution in [0.3, 0.4) is 0 Å². The number of allylic oxidation sites excluding steroid dienone is 2. The minimum Gasteiger partial charge on any atom is -0.0819 e. The maximum absolute atomic E-state index is 2.52. The van der Waals surface area contributed by atoms with Crippen molar-refractivity contribution in [3.63, 3.8) is 0 Å². The summed E-state index contributed by atoms with van der Waals surface area (Å²) in [5.74, 6) is 2.10. The molecule has 0 aromatic carbocycles. The zero-order valence-electron chi connectivity index (χ0n) is 6.06. The van der Waals surface area contributed by atoms with Gasteiger partial charge in [0.15, 0.2) is 0 Å². The average molecular weight is 122 g/mol. The molecule has 0 saturated heterocycles. The molecule has 2 rings (SSSR count). The normalized spacial score (nSPS) is 39.4. The van der Waals surface area contributed by atoms with Gasteiger partial charge in [-0.1, -0.05) is 18.6 Å². The minimum atomic E-state index is 1.01. The molecule has 0 spiro atoms. The molecule has 0 heterocycles. The summed E-state index contributed by atoms with van der Waals surface area (Å²) in [4.78, 5) is 0. The Kier molecular flexibility index (Phi) is 1.14. The molecule has 0 aromatic rings. The molecule has 50 valence electrons. The van der Waals surface area contributed by atoms with Crippen LogP contribution in [-0.2, 0) is 0 Å². The maximum Gasteiger partial charge on any atom is -0.0199 e. The van der Waals surface area contributed by atoms with Crippen molar-refractivity contribution in [1.82, 2.24) is 0 Å². The smallest absolute Gasteiger partial charge is 0.0199 e. The topological polar surface area (TPSA) is 0 Å². The third-order valence-electron chi connectivity index (χ3n) is 2.90. The highest BCUT2D eigenvalue weighted by atomic mass is 14.4. The van der Waals surface area contributed by atoms with E-state index in [-0.39, 0.29) is 0 Å². The van der Waals surface area contributed by atoms with Gasteiger partial charge in [0.2, 0.25) is 0 Å². The monoisotopic (exact) mass is 122 g/mol. The number of rotatable bonds is 1. The van der Waals surface area contributed by atoms with Crippen molar-refractivity contribution in [3.05, 3.63) is 11.6 Å². The Labute approximate surface area is 57.0 Å². The molecule has 1 fully saturated rings. The zero-order chi connectivity index (χ0) is 6.27. The van der Waals surface area contributed by atoms with Gasteiger partial charge in [-0.05, 0) is 37.5 Å². The Hall–Kier alpha value is -0.260. The molecule has 2 aliphatic carbocycles. The molecule has 2 aliphatic rings. The molecule has 0 unspecified atom stereocenters. The van der Waals surface area contributed by atoms with Crippen molar-refractivity contribution in [3.8, 4) is 0 Å². The van der Waals surface area contributed by atoms with E-state index in [2.05, 4.69) is 13.0 Å². The van der Waals surface area contributed by atoms with Crippen LogP contribution in [0.1, 0.15) is 32.6 Å². The third kappa shape index (κ3) is 0.726. The summed E-state index contributed by atoms with van der Waals surface area (Å²) in [6, 6.07) is 0. The number of hydrogen-bond acceptors (Lipinski definition) is 0. The lowest BCUT2D eigenvalue weighted by atomic mass is 9.76. The summed E-state index contributed by atoms with van der Waals surface area (Å²) in [6.07, 6.45) is 8.24. The van der Waals surface area contributed by atoms with Crippen LogP contribution in [0, 0.1) is 11.8 Å². The highest BCUT2D eigenvalue weighted by molar-refractivity contribution is 5.16. The molecule has 0 nitrogen and oxygen atoms in total. The summed E-state index contributed by atoms with van der Waals surface area (Å²) in [7, 11) is 0. The maximum atomic E-state index is 2.52. The van der Waals surface area contributed by atoms with E-state index in [0.717, 1.165) is 11.8 Å². The van der Waals surface area contributed by atoms with Crippen molar-refractivity contribution in [2.24, 2.45) is 11.8 Å². The van der Waals surface area contributed by atoms with E-state index >= 15 is 0 Å². The standard InChI is InChI=1S/C9H14/c1-2-7-5-8-3-4-9(8)6-7/h5,8-9H,2-4,6H2,1H3/t8-,9+/m1/s1. The van der Waals surface area contributed by atoms with Gasteiger partial charge in [-0.3, -0.25) is 0 Å². The Morgan fingerprint density at radius 1 is 1.56 bits per heavy atom. The second-order valence-electron chi connectivity index (χ2n) is 3.38. The lowest BCUT2D eigenvalue weighted by Gasteiger charge is -2.29. The minimum absolute atomic E-state index is 1.01. The molecule has 0 amide bonds. The van der Waals surface area contributed by atoms with Crippen LogP contribution in [0.5, 0.6) is 0 Å². The fraction of sp³-hybridized carbons (Fsp3) is 0.778. The largest absolute Gasteiger partial charge is 0.0819 e. The van der Waals surface area contributed by atoms with E-state index in [0.29, 0.717) is 0 Å². The first kappa shape index (κ1) is 5.52. The Morgan fingerprint density at radius 3 is 2.78 bits per heavy atom. The van der Waals surface area contributed by atoms with Crippen molar-refractivity contribution in [2.75, 3.05) is 0 Å². The van der Waals surface area contributed by atoms with E-state index in [1.54, 1.807) is 5.57 Å². The molecule has 1 saturated carbocycles. The van der Waals surface area contributed by atoms with E-state index in [9.17, 15) is 0 Å². The molecule has 0 N–H and O–H groups in total. The van der Waals surface area contributed by atoms with Crippen LogP contribution in [0.15, 0.2) is 11.6 Å². The van der Waals surface area contributed by atoms with Crippen molar-refractivity contribution in [2.45, 2.75) is 32.6 Å². The fourth-order valence-electron chi connectivity index (χ4n) is 2.04. The molecule has 0 aromatic heterocycles. The SMILES string of the molecule is CCC1=C[C@H]2CC[C@H]2C1. The van der Waals surface area contributed by atoms with Crippen molar-refractivity contribution >= 4 is 0 Å². The molecule has 0 heteroatoms. The molecular formula is C9H14. The molecular weight excluding hydrogens is 108 g/mol. The lowest BCUT2D eigenvalue weighted by molar-refractivity contribution is 0.247. The molecule has 0 aliphatic heterocycles. The number of fused-ring (bicyclic) bond motifs is 1. The van der Waals surface area contributed by atoms with Crippen LogP contribution in [0.4, 0.5) is 0 Å². The van der Waals surface area contributed by atoms with E-state index in [4.69, 9.17) is 0 Å². The molecule has 2 atom stereocenters. The summed E-state index contributed by atoms with van der Waals surface area (Å²) in [5, 5.41) is 0. The zero-order valence-corrected chi connectivity index (χ0v) is 6.06. The quantitative estimate of drug-likeness (QED) is 0.469. The summed E-state index contributed by atoms with van der Waals surface area (Å²) < 4.78 is 0. The Bertz CT molecular complexity index is 144. The van der Waals surface area contributed by atoms with Crippen LogP contribution >= 0.6 is 0 Å². The van der Waals surface area contributed by atoms with Crippen molar-refractivity contribution < 1.29 is 0 Å². The molecule has 9 heavy (non-hydrogen) atoms. The van der Waals surface area contributed by atoms with Gasteiger partial charge in [-0.2, -0.15) is 0 Å². The van der Waals surface area contributed by atoms with Gasteiger partial charge in [0.25, 0.3) is 0 Å². The Balaban J connectivity index is 2.05. The number of hydrogen-bond donors (Lipinski definition) is 0. The predicted octanol–water partition coefficient (Wildman–Crippen LogP) is 2.75. The summed E-state index contributed by atoms with van der Waals surface area (Å²) >= 11 is 0. The van der Waals surface area contributed by atoms with Crippen LogP contribution in [-0.4, -0.2) is 0 Å². The third-order valence-corrected chi connectivity index (χ3v) is 2.90. The van der Waals surface area contributed by atoms with Gasteiger partial charge >= 0.3 is 0 Å². The van der Waals surface area contributed by atoms with Gasteiger partial charge in [0.1, 0.15) is 0 Å². The van der Waals surface area contributed by atoms with Gasteiger partial charge in [0, 0.05) is 0 Å². The van der Waals surface area contributed by atoms with Crippen LogP contribution in [0.25, 0.3) is 0 Å². The lowest BCUT2D eigenvalue weighted by Crippen LogP contribution is -2.19. The average Bonchev–Trinajstić information content (AvgIpc) is 2.10. The fourth-order valence-corrected chi connectivity index (χ4v) is 2.04. The van der Waals surface area contributed by atoms with Crippen LogP contribution in [0.2, 0.25) is 0 Å². The molecule has 0 radical (unpaired) electrons. The summed E-state index contributed by atoms with van der Waals surface area (Å²) in [6.45, 7) is 2.27. The first-order valence-corrected chi connectivity index (χ1v) is 4.09. The first-order chi connectivity index (χ1) is 4.40.